The Morgan fingerprint density at radius 2 is 1.88 bits per heavy atom. The molecule has 1 fully saturated rings. The Hall–Kier alpha value is -2.15. The summed E-state index contributed by atoms with van der Waals surface area (Å²) < 4.78 is 13.0. The maximum absolute atomic E-state index is 13.0. The summed E-state index contributed by atoms with van der Waals surface area (Å²) in [4.78, 5) is 14.5. The number of hydrogen-bond acceptors (Lipinski definition) is 4. The molecule has 1 aromatic heterocycles. The van der Waals surface area contributed by atoms with Crippen LogP contribution in [0.1, 0.15) is 15.6 Å². The molecule has 5 nitrogen and oxygen atoms in total. The van der Waals surface area contributed by atoms with E-state index in [-0.39, 0.29) is 5.82 Å². The van der Waals surface area contributed by atoms with Crippen molar-refractivity contribution in [2.75, 3.05) is 31.1 Å². The number of rotatable bonds is 3. The average Bonchev–Trinajstić information content (AvgIpc) is 2.92. The van der Waals surface area contributed by atoms with Crippen molar-refractivity contribution in [1.29, 1.82) is 0 Å². The summed E-state index contributed by atoms with van der Waals surface area (Å²) in [5, 5.41) is 0.998. The summed E-state index contributed by atoms with van der Waals surface area (Å²) in [6, 6.07) is 6.62. The fourth-order valence-electron chi connectivity index (χ4n) is 2.70. The molecule has 2 aromatic rings. The molecule has 1 saturated heterocycles. The van der Waals surface area contributed by atoms with Gasteiger partial charge in [-0.15, -0.1) is 11.3 Å². The van der Waals surface area contributed by atoms with Gasteiger partial charge in [0.2, 0.25) is 0 Å². The van der Waals surface area contributed by atoms with E-state index in [2.05, 4.69) is 26.7 Å². The van der Waals surface area contributed by atoms with E-state index < -0.39 is 0 Å². The fourth-order valence-corrected chi connectivity index (χ4v) is 3.56. The van der Waals surface area contributed by atoms with Gasteiger partial charge >= 0.3 is 0 Å². The van der Waals surface area contributed by atoms with Crippen LogP contribution in [0, 0.1) is 19.7 Å². The molecule has 1 aliphatic rings. The SMILES string of the molecule is Cc1nc(CN=C(N)N2CCN(c3ccc(F)cc3)CC2)sc1C. The molecule has 0 unspecified atom stereocenters. The van der Waals surface area contributed by atoms with E-state index >= 15 is 0 Å². The molecule has 7 heteroatoms. The molecule has 0 saturated carbocycles. The van der Waals surface area contributed by atoms with Gasteiger partial charge in [-0.05, 0) is 38.1 Å². The minimum Gasteiger partial charge on any atom is -0.370 e. The fraction of sp³-hybridized carbons (Fsp3) is 0.412. The maximum atomic E-state index is 13.0. The van der Waals surface area contributed by atoms with E-state index in [0.717, 1.165) is 42.6 Å². The highest BCUT2D eigenvalue weighted by atomic mass is 32.1. The van der Waals surface area contributed by atoms with Crippen LogP contribution in [0.25, 0.3) is 0 Å². The molecule has 1 aromatic carbocycles. The quantitative estimate of drug-likeness (QED) is 0.685. The Bertz CT molecular complexity index is 698. The molecule has 24 heavy (non-hydrogen) atoms. The first-order valence-corrected chi connectivity index (χ1v) is 8.83. The first-order chi connectivity index (χ1) is 11.5. The molecule has 128 valence electrons. The van der Waals surface area contributed by atoms with E-state index in [1.807, 2.05) is 19.1 Å². The second-order valence-corrected chi connectivity index (χ2v) is 7.16. The predicted molar refractivity (Wildman–Crippen MR) is 97.1 cm³/mol. The number of piperazine rings is 1. The third-order valence-electron chi connectivity index (χ3n) is 4.24. The number of anilines is 1. The van der Waals surface area contributed by atoms with Crippen LogP contribution in [0.5, 0.6) is 0 Å². The number of hydrogen-bond donors (Lipinski definition) is 1. The van der Waals surface area contributed by atoms with Gasteiger partial charge in [-0.3, -0.25) is 0 Å². The van der Waals surface area contributed by atoms with Gasteiger partial charge in [-0.1, -0.05) is 0 Å². The summed E-state index contributed by atoms with van der Waals surface area (Å²) in [7, 11) is 0. The number of nitrogens with zero attached hydrogens (tertiary/aromatic N) is 4. The van der Waals surface area contributed by atoms with E-state index in [1.165, 1.54) is 17.0 Å². The summed E-state index contributed by atoms with van der Waals surface area (Å²) in [6.45, 7) is 7.92. The van der Waals surface area contributed by atoms with Gasteiger partial charge in [0, 0.05) is 36.7 Å². The second-order valence-electron chi connectivity index (χ2n) is 5.87. The number of halogens is 1. The zero-order valence-electron chi connectivity index (χ0n) is 14.0. The molecule has 0 spiro atoms. The van der Waals surface area contributed by atoms with Crippen molar-refractivity contribution in [3.63, 3.8) is 0 Å². The normalized spacial score (nSPS) is 15.9. The van der Waals surface area contributed by atoms with E-state index in [9.17, 15) is 4.39 Å². The largest absolute Gasteiger partial charge is 0.370 e. The van der Waals surface area contributed by atoms with Crippen LogP contribution in [0.3, 0.4) is 0 Å². The number of aromatic nitrogens is 1. The van der Waals surface area contributed by atoms with Crippen molar-refractivity contribution in [3.05, 3.63) is 45.7 Å². The van der Waals surface area contributed by atoms with E-state index in [1.54, 1.807) is 11.3 Å². The van der Waals surface area contributed by atoms with Gasteiger partial charge in [0.25, 0.3) is 0 Å². The van der Waals surface area contributed by atoms with Crippen molar-refractivity contribution in [2.45, 2.75) is 20.4 Å². The van der Waals surface area contributed by atoms with Gasteiger partial charge in [0.15, 0.2) is 5.96 Å². The first-order valence-electron chi connectivity index (χ1n) is 8.01. The third-order valence-corrected chi connectivity index (χ3v) is 5.30. The minimum atomic E-state index is -0.207. The van der Waals surface area contributed by atoms with Crippen LogP contribution < -0.4 is 10.6 Å². The lowest BCUT2D eigenvalue weighted by molar-refractivity contribution is 0.380. The molecule has 3 rings (SSSR count). The van der Waals surface area contributed by atoms with Crippen LogP contribution in [-0.2, 0) is 6.54 Å². The van der Waals surface area contributed by atoms with E-state index in [4.69, 9.17) is 5.73 Å². The smallest absolute Gasteiger partial charge is 0.191 e. The van der Waals surface area contributed by atoms with Crippen LogP contribution >= 0.6 is 11.3 Å². The molecule has 0 aliphatic carbocycles. The van der Waals surface area contributed by atoms with Crippen molar-refractivity contribution in [2.24, 2.45) is 10.7 Å². The molecule has 2 N–H and O–H groups in total. The summed E-state index contributed by atoms with van der Waals surface area (Å²) >= 11 is 1.67. The molecule has 0 radical (unpaired) electrons. The monoisotopic (exact) mass is 347 g/mol. The van der Waals surface area contributed by atoms with Gasteiger partial charge in [0.05, 0.1) is 12.2 Å². The average molecular weight is 347 g/mol. The highest BCUT2D eigenvalue weighted by Gasteiger charge is 2.18. The molecule has 0 atom stereocenters. The van der Waals surface area contributed by atoms with Crippen LogP contribution in [0.2, 0.25) is 0 Å². The molecular weight excluding hydrogens is 325 g/mol. The number of thiazole rings is 1. The zero-order valence-corrected chi connectivity index (χ0v) is 14.8. The van der Waals surface area contributed by atoms with Crippen molar-refractivity contribution >= 4 is 23.0 Å². The number of nitrogens with two attached hydrogens (primary N) is 1. The Morgan fingerprint density at radius 3 is 2.46 bits per heavy atom. The van der Waals surface area contributed by atoms with Gasteiger partial charge in [0.1, 0.15) is 10.8 Å². The standard InChI is InChI=1S/C17H22FN5S/c1-12-13(2)24-16(21-12)11-20-17(19)23-9-7-22(8-10-23)15-5-3-14(18)4-6-15/h3-6H,7-11H2,1-2H3,(H2,19,20). The first kappa shape index (κ1) is 16.7. The van der Waals surface area contributed by atoms with Crippen LogP contribution in [-0.4, -0.2) is 42.0 Å². The number of aryl methyl sites for hydroxylation is 2. The Kier molecular flexibility index (Phi) is 4.99. The van der Waals surface area contributed by atoms with Crippen LogP contribution in [0.4, 0.5) is 10.1 Å². The molecular formula is C17H22FN5S. The number of guanidine groups is 1. The number of benzene rings is 1. The zero-order chi connectivity index (χ0) is 17.1. The molecule has 2 heterocycles. The maximum Gasteiger partial charge on any atom is 0.191 e. The summed E-state index contributed by atoms with van der Waals surface area (Å²) in [5.74, 6) is 0.362. The minimum absolute atomic E-state index is 0.207. The van der Waals surface area contributed by atoms with Gasteiger partial charge < -0.3 is 15.5 Å². The lowest BCUT2D eigenvalue weighted by Crippen LogP contribution is -2.51. The van der Waals surface area contributed by atoms with Crippen molar-refractivity contribution in [1.82, 2.24) is 9.88 Å². The molecule has 1 aliphatic heterocycles. The highest BCUT2D eigenvalue weighted by molar-refractivity contribution is 7.11. The van der Waals surface area contributed by atoms with E-state index in [0.29, 0.717) is 12.5 Å². The Balaban J connectivity index is 1.55. The topological polar surface area (TPSA) is 57.8 Å². The predicted octanol–water partition coefficient (Wildman–Crippen LogP) is 2.54. The van der Waals surface area contributed by atoms with Crippen molar-refractivity contribution in [3.8, 4) is 0 Å². The van der Waals surface area contributed by atoms with Crippen molar-refractivity contribution < 1.29 is 4.39 Å². The van der Waals surface area contributed by atoms with Crippen LogP contribution in [0.15, 0.2) is 29.3 Å². The Morgan fingerprint density at radius 1 is 1.21 bits per heavy atom. The second kappa shape index (κ2) is 7.17. The lowest BCUT2D eigenvalue weighted by Gasteiger charge is -2.36. The van der Waals surface area contributed by atoms with Gasteiger partial charge in [-0.25, -0.2) is 14.4 Å². The highest BCUT2D eigenvalue weighted by Crippen LogP contribution is 2.18. The molecule has 0 bridgehead atoms. The Labute approximate surface area is 145 Å². The number of aliphatic imine (C=N–C) groups is 1. The molecule has 0 amide bonds. The summed E-state index contributed by atoms with van der Waals surface area (Å²) in [6.07, 6.45) is 0. The lowest BCUT2D eigenvalue weighted by atomic mass is 10.2. The van der Waals surface area contributed by atoms with Gasteiger partial charge in [-0.2, -0.15) is 0 Å². The summed E-state index contributed by atoms with van der Waals surface area (Å²) in [5.41, 5.74) is 8.24. The third kappa shape index (κ3) is 3.84.